The van der Waals surface area contributed by atoms with Crippen molar-refractivity contribution in [3.63, 3.8) is 0 Å². The predicted octanol–water partition coefficient (Wildman–Crippen LogP) is 1.59. The lowest BCUT2D eigenvalue weighted by atomic mass is 10.1. The van der Waals surface area contributed by atoms with E-state index in [-0.39, 0.29) is 12.5 Å². The molecule has 0 spiro atoms. The van der Waals surface area contributed by atoms with Crippen LogP contribution >= 0.6 is 0 Å². The van der Waals surface area contributed by atoms with Gasteiger partial charge in [-0.15, -0.1) is 0 Å². The number of nitrogens with one attached hydrogen (secondary N) is 3. The molecule has 3 N–H and O–H groups in total. The quantitative estimate of drug-likeness (QED) is 0.633. The molecule has 2 heterocycles. The minimum absolute atomic E-state index is 0.121. The molecular weight excluding hydrogens is 361 g/mol. The van der Waals surface area contributed by atoms with Crippen LogP contribution < -0.4 is 16.0 Å². The molecule has 2 aromatic rings. The zero-order valence-corrected chi connectivity index (χ0v) is 15.4. The van der Waals surface area contributed by atoms with Gasteiger partial charge in [-0.1, -0.05) is 18.7 Å². The minimum Gasteiger partial charge on any atom is -0.369 e. The van der Waals surface area contributed by atoms with Gasteiger partial charge in [0.1, 0.15) is 0 Å². The second kappa shape index (κ2) is 9.09. The van der Waals surface area contributed by atoms with E-state index in [2.05, 4.69) is 27.5 Å². The Morgan fingerprint density at radius 3 is 2.79 bits per heavy atom. The van der Waals surface area contributed by atoms with E-state index in [0.717, 1.165) is 32.4 Å². The van der Waals surface area contributed by atoms with Gasteiger partial charge in [0, 0.05) is 37.4 Å². The molecule has 1 saturated heterocycles. The molecule has 1 fully saturated rings. The van der Waals surface area contributed by atoms with E-state index in [1.165, 1.54) is 0 Å². The van der Waals surface area contributed by atoms with Crippen LogP contribution in [0.2, 0.25) is 0 Å². The van der Waals surface area contributed by atoms with E-state index >= 15 is 0 Å². The molecule has 0 bridgehead atoms. The maximum Gasteiger partial charge on any atom is 0.253 e. The van der Waals surface area contributed by atoms with Crippen molar-refractivity contribution in [3.05, 3.63) is 65.7 Å². The first-order chi connectivity index (χ1) is 13.6. The summed E-state index contributed by atoms with van der Waals surface area (Å²) >= 11 is 0. The summed E-state index contributed by atoms with van der Waals surface area (Å²) in [7, 11) is 0. The van der Waals surface area contributed by atoms with Gasteiger partial charge >= 0.3 is 0 Å². The summed E-state index contributed by atoms with van der Waals surface area (Å²) in [5.74, 6) is -0.808. The van der Waals surface area contributed by atoms with Gasteiger partial charge in [0.2, 0.25) is 6.41 Å². The molecule has 0 aliphatic carbocycles. The lowest BCUT2D eigenvalue weighted by molar-refractivity contribution is -0.105. The van der Waals surface area contributed by atoms with E-state index < -0.39 is 5.82 Å². The van der Waals surface area contributed by atoms with Gasteiger partial charge < -0.3 is 20.9 Å². The van der Waals surface area contributed by atoms with Crippen LogP contribution in [0.3, 0.4) is 0 Å². The zero-order valence-electron chi connectivity index (χ0n) is 15.4. The summed E-state index contributed by atoms with van der Waals surface area (Å²) in [5, 5.41) is 8.49. The Morgan fingerprint density at radius 2 is 2.04 bits per heavy atom. The first kappa shape index (κ1) is 19.5. The van der Waals surface area contributed by atoms with E-state index in [4.69, 9.17) is 0 Å². The Bertz CT molecular complexity index is 881. The van der Waals surface area contributed by atoms with Crippen molar-refractivity contribution < 1.29 is 14.0 Å². The number of carbonyl (C=O) groups excluding carboxylic acids is 2. The number of hydrogen-bond donors (Lipinski definition) is 3. The molecule has 3 rings (SSSR count). The first-order valence-corrected chi connectivity index (χ1v) is 8.97. The molecule has 28 heavy (non-hydrogen) atoms. The topological polar surface area (TPSA) is 86.4 Å². The second-order valence-corrected chi connectivity index (χ2v) is 6.33. The number of piperazine rings is 1. The average molecular weight is 383 g/mol. The van der Waals surface area contributed by atoms with Crippen LogP contribution in [-0.2, 0) is 11.3 Å². The Balaban J connectivity index is 1.70. The lowest BCUT2D eigenvalue weighted by Crippen LogP contribution is -2.42. The Labute approximate surface area is 162 Å². The average Bonchev–Trinajstić information content (AvgIpc) is 2.73. The maximum absolute atomic E-state index is 14.3. The largest absolute Gasteiger partial charge is 0.369 e. The Kier molecular flexibility index (Phi) is 6.33. The molecule has 0 saturated carbocycles. The van der Waals surface area contributed by atoms with Crippen LogP contribution in [0.5, 0.6) is 0 Å². The number of amides is 2. The third-order valence-corrected chi connectivity index (χ3v) is 4.54. The number of para-hydroxylation sites is 1. The smallest absolute Gasteiger partial charge is 0.253 e. The van der Waals surface area contributed by atoms with E-state index in [9.17, 15) is 14.0 Å². The van der Waals surface area contributed by atoms with Gasteiger partial charge in [-0.2, -0.15) is 0 Å². The number of aromatic nitrogens is 1. The molecular formula is C20H22FN5O2. The lowest BCUT2D eigenvalue weighted by Gasteiger charge is -2.31. The van der Waals surface area contributed by atoms with Crippen molar-refractivity contribution >= 4 is 23.7 Å². The highest BCUT2D eigenvalue weighted by Crippen LogP contribution is 2.21. The van der Waals surface area contributed by atoms with Crippen LogP contribution in [0.1, 0.15) is 21.6 Å². The highest BCUT2D eigenvalue weighted by atomic mass is 19.1. The number of hydrogen-bond acceptors (Lipinski definition) is 5. The first-order valence-electron chi connectivity index (χ1n) is 8.97. The Hall–Kier alpha value is -3.26. The normalized spacial score (nSPS) is 13.7. The number of rotatable bonds is 7. The van der Waals surface area contributed by atoms with Crippen LogP contribution in [-0.4, -0.2) is 48.4 Å². The van der Waals surface area contributed by atoms with E-state index in [1.807, 2.05) is 4.90 Å². The molecule has 0 atom stereocenters. The number of carbonyl (C=O) groups is 2. The van der Waals surface area contributed by atoms with Crippen LogP contribution in [0.25, 0.3) is 5.70 Å². The highest BCUT2D eigenvalue weighted by Gasteiger charge is 2.17. The molecule has 1 aromatic heterocycles. The third-order valence-electron chi connectivity index (χ3n) is 4.54. The number of anilines is 1. The summed E-state index contributed by atoms with van der Waals surface area (Å²) in [5.41, 5.74) is 2.25. The van der Waals surface area contributed by atoms with Crippen LogP contribution in [0.15, 0.2) is 43.1 Å². The number of halogens is 1. The summed E-state index contributed by atoms with van der Waals surface area (Å²) in [6.45, 7) is 7.31. The molecule has 2 amide bonds. The molecule has 146 valence electrons. The van der Waals surface area contributed by atoms with Gasteiger partial charge in [0.05, 0.1) is 29.7 Å². The number of benzene rings is 1. The SMILES string of the molecule is C=C(c1cc(CNC(=O)c2ccccc2NC=O)ncc1F)N1CCNCC1. The van der Waals surface area contributed by atoms with Gasteiger partial charge in [0.15, 0.2) is 5.82 Å². The molecule has 1 aromatic carbocycles. The molecule has 1 aliphatic heterocycles. The molecule has 0 radical (unpaired) electrons. The van der Waals surface area contributed by atoms with E-state index in [0.29, 0.717) is 34.6 Å². The van der Waals surface area contributed by atoms with Crippen molar-refractivity contribution in [2.24, 2.45) is 0 Å². The predicted molar refractivity (Wildman–Crippen MR) is 105 cm³/mol. The zero-order chi connectivity index (χ0) is 19.9. The van der Waals surface area contributed by atoms with Gasteiger partial charge in [0.25, 0.3) is 5.91 Å². The second-order valence-electron chi connectivity index (χ2n) is 6.33. The Morgan fingerprint density at radius 1 is 1.29 bits per heavy atom. The van der Waals surface area contributed by atoms with Gasteiger partial charge in [-0.25, -0.2) is 4.39 Å². The summed E-state index contributed by atoms with van der Waals surface area (Å²) in [6.07, 6.45) is 1.66. The van der Waals surface area contributed by atoms with Crippen molar-refractivity contribution in [2.45, 2.75) is 6.54 Å². The third kappa shape index (κ3) is 4.52. The van der Waals surface area contributed by atoms with Crippen LogP contribution in [0.4, 0.5) is 10.1 Å². The molecule has 7 nitrogen and oxygen atoms in total. The summed E-state index contributed by atoms with van der Waals surface area (Å²) < 4.78 is 14.3. The highest BCUT2D eigenvalue weighted by molar-refractivity contribution is 6.01. The minimum atomic E-state index is -0.445. The molecule has 8 heteroatoms. The number of nitrogens with zero attached hydrogens (tertiary/aromatic N) is 2. The summed E-state index contributed by atoms with van der Waals surface area (Å²) in [4.78, 5) is 29.2. The summed E-state index contributed by atoms with van der Waals surface area (Å²) in [6, 6.07) is 8.27. The molecule has 0 unspecified atom stereocenters. The van der Waals surface area contributed by atoms with Gasteiger partial charge in [-0.05, 0) is 18.2 Å². The van der Waals surface area contributed by atoms with Gasteiger partial charge in [-0.3, -0.25) is 14.6 Å². The van der Waals surface area contributed by atoms with Crippen molar-refractivity contribution in [2.75, 3.05) is 31.5 Å². The fraction of sp³-hybridized carbons (Fsp3) is 0.250. The number of pyridine rings is 1. The van der Waals surface area contributed by atoms with Crippen LogP contribution in [0, 0.1) is 5.82 Å². The standard InChI is InChI=1S/C20H22FN5O2/c1-14(26-8-6-22-7-9-26)17-10-15(23-12-18(17)21)11-24-20(28)16-4-2-3-5-19(16)25-13-27/h2-5,10,12-13,22H,1,6-9,11H2,(H,24,28)(H,25,27). The molecule has 1 aliphatic rings. The van der Waals surface area contributed by atoms with Crippen molar-refractivity contribution in [1.82, 2.24) is 20.5 Å². The monoisotopic (exact) mass is 383 g/mol. The van der Waals surface area contributed by atoms with Crippen molar-refractivity contribution in [3.8, 4) is 0 Å². The maximum atomic E-state index is 14.3. The van der Waals surface area contributed by atoms with E-state index in [1.54, 1.807) is 30.3 Å². The fourth-order valence-corrected chi connectivity index (χ4v) is 3.04. The van der Waals surface area contributed by atoms with Crippen molar-refractivity contribution in [1.29, 1.82) is 0 Å². The fourth-order valence-electron chi connectivity index (χ4n) is 3.04.